The van der Waals surface area contributed by atoms with Gasteiger partial charge in [-0.05, 0) is 31.0 Å². The Kier molecular flexibility index (Phi) is 3.77. The van der Waals surface area contributed by atoms with Gasteiger partial charge < -0.3 is 0 Å². The lowest BCUT2D eigenvalue weighted by Crippen LogP contribution is -2.38. The molecular formula is C10H10BrCl2NO2S. The highest BCUT2D eigenvalue weighted by Crippen LogP contribution is 2.38. The van der Waals surface area contributed by atoms with Crippen LogP contribution < -0.4 is 4.72 Å². The van der Waals surface area contributed by atoms with E-state index in [-0.39, 0.29) is 10.4 Å². The van der Waals surface area contributed by atoms with Crippen LogP contribution in [0.5, 0.6) is 0 Å². The molecule has 1 aliphatic carbocycles. The van der Waals surface area contributed by atoms with Gasteiger partial charge in [0.2, 0.25) is 10.0 Å². The van der Waals surface area contributed by atoms with Gasteiger partial charge >= 0.3 is 0 Å². The third-order valence-electron chi connectivity index (χ3n) is 2.61. The highest BCUT2D eigenvalue weighted by Gasteiger charge is 2.45. The Bertz CT molecular complexity index is 523. The van der Waals surface area contributed by atoms with Crippen LogP contribution in [0.15, 0.2) is 23.1 Å². The van der Waals surface area contributed by atoms with Crippen molar-refractivity contribution in [2.75, 3.05) is 5.33 Å². The number of sulfonamides is 1. The van der Waals surface area contributed by atoms with E-state index in [1.54, 1.807) is 0 Å². The van der Waals surface area contributed by atoms with Crippen molar-refractivity contribution in [3.8, 4) is 0 Å². The average Bonchev–Trinajstić information content (AvgIpc) is 2.96. The highest BCUT2D eigenvalue weighted by atomic mass is 79.9. The summed E-state index contributed by atoms with van der Waals surface area (Å²) in [6.07, 6.45) is 1.68. The van der Waals surface area contributed by atoms with Gasteiger partial charge in [-0.2, -0.15) is 0 Å². The number of hydrogen-bond acceptors (Lipinski definition) is 2. The molecule has 7 heteroatoms. The van der Waals surface area contributed by atoms with Crippen molar-refractivity contribution in [3.63, 3.8) is 0 Å². The molecule has 0 saturated heterocycles. The largest absolute Gasteiger partial charge is 0.241 e. The number of benzene rings is 1. The second kappa shape index (κ2) is 4.70. The Hall–Kier alpha value is 0.190. The zero-order valence-corrected chi connectivity index (χ0v) is 12.6. The fraction of sp³-hybridized carbons (Fsp3) is 0.400. The summed E-state index contributed by atoms with van der Waals surface area (Å²) in [6.45, 7) is 0. The summed E-state index contributed by atoms with van der Waals surface area (Å²) in [4.78, 5) is 0.0993. The predicted molar refractivity (Wildman–Crippen MR) is 72.5 cm³/mol. The van der Waals surface area contributed by atoms with Crippen molar-refractivity contribution < 1.29 is 8.42 Å². The van der Waals surface area contributed by atoms with Gasteiger partial charge in [0.15, 0.2) is 0 Å². The van der Waals surface area contributed by atoms with Gasteiger partial charge in [0.05, 0.1) is 4.90 Å². The predicted octanol–water partition coefficient (Wildman–Crippen LogP) is 3.20. The quantitative estimate of drug-likeness (QED) is 0.840. The number of alkyl halides is 1. The van der Waals surface area contributed by atoms with Crippen molar-refractivity contribution in [1.82, 2.24) is 4.72 Å². The van der Waals surface area contributed by atoms with Crippen LogP contribution in [-0.2, 0) is 10.0 Å². The summed E-state index contributed by atoms with van der Waals surface area (Å²) < 4.78 is 26.9. The Morgan fingerprint density at radius 3 is 2.18 bits per heavy atom. The monoisotopic (exact) mass is 357 g/mol. The van der Waals surface area contributed by atoms with Crippen molar-refractivity contribution in [2.45, 2.75) is 23.3 Å². The lowest BCUT2D eigenvalue weighted by Gasteiger charge is -2.14. The van der Waals surface area contributed by atoms with Crippen LogP contribution >= 0.6 is 39.1 Å². The van der Waals surface area contributed by atoms with Crippen LogP contribution in [0.1, 0.15) is 12.8 Å². The molecule has 0 amide bonds. The molecular weight excluding hydrogens is 349 g/mol. The average molecular weight is 359 g/mol. The molecule has 0 atom stereocenters. The fourth-order valence-electron chi connectivity index (χ4n) is 1.44. The van der Waals surface area contributed by atoms with Gasteiger partial charge in [-0.3, -0.25) is 0 Å². The van der Waals surface area contributed by atoms with E-state index >= 15 is 0 Å². The van der Waals surface area contributed by atoms with Gasteiger partial charge in [0.1, 0.15) is 0 Å². The summed E-state index contributed by atoms with van der Waals surface area (Å²) in [7, 11) is -3.56. The molecule has 1 aromatic rings. The highest BCUT2D eigenvalue weighted by molar-refractivity contribution is 9.09. The molecule has 2 rings (SSSR count). The number of halogens is 3. The summed E-state index contributed by atoms with van der Waals surface area (Å²) in [5.41, 5.74) is -0.340. The molecule has 94 valence electrons. The normalized spacial score (nSPS) is 18.1. The second-order valence-corrected chi connectivity index (χ2v) is 7.24. The number of hydrogen-bond donors (Lipinski definition) is 1. The van der Waals surface area contributed by atoms with Gasteiger partial charge in [-0.25, -0.2) is 13.1 Å². The number of nitrogens with one attached hydrogen (secondary N) is 1. The van der Waals surface area contributed by atoms with E-state index in [4.69, 9.17) is 23.2 Å². The molecule has 1 aromatic carbocycles. The first kappa shape index (κ1) is 13.6. The van der Waals surface area contributed by atoms with Crippen molar-refractivity contribution in [3.05, 3.63) is 28.2 Å². The van der Waals surface area contributed by atoms with Gasteiger partial charge in [0.25, 0.3) is 0 Å². The zero-order valence-electron chi connectivity index (χ0n) is 8.71. The molecule has 1 aliphatic rings. The van der Waals surface area contributed by atoms with E-state index in [2.05, 4.69) is 20.7 Å². The minimum atomic E-state index is -3.56. The third-order valence-corrected chi connectivity index (χ3v) is 5.67. The summed E-state index contributed by atoms with van der Waals surface area (Å²) in [5, 5.41) is 1.22. The zero-order chi connectivity index (χ0) is 12.7. The van der Waals surface area contributed by atoms with Crippen LogP contribution in [0.25, 0.3) is 0 Å². The van der Waals surface area contributed by atoms with E-state index in [1.807, 2.05) is 0 Å². The molecule has 0 radical (unpaired) electrons. The minimum absolute atomic E-state index is 0.0993. The molecule has 1 fully saturated rings. The van der Waals surface area contributed by atoms with Crippen LogP contribution in [0.3, 0.4) is 0 Å². The van der Waals surface area contributed by atoms with Crippen LogP contribution in [0, 0.1) is 0 Å². The van der Waals surface area contributed by atoms with E-state index in [9.17, 15) is 8.42 Å². The summed E-state index contributed by atoms with van der Waals surface area (Å²) in [5.74, 6) is 0. The van der Waals surface area contributed by atoms with E-state index in [0.717, 1.165) is 12.8 Å². The lowest BCUT2D eigenvalue weighted by atomic mass is 10.4. The lowest BCUT2D eigenvalue weighted by molar-refractivity contribution is 0.561. The maximum Gasteiger partial charge on any atom is 0.241 e. The van der Waals surface area contributed by atoms with Crippen LogP contribution in [-0.4, -0.2) is 19.3 Å². The van der Waals surface area contributed by atoms with E-state index in [1.165, 1.54) is 18.2 Å². The molecule has 3 nitrogen and oxygen atoms in total. The first-order chi connectivity index (χ1) is 7.87. The molecule has 0 aliphatic heterocycles. The van der Waals surface area contributed by atoms with Crippen LogP contribution in [0.2, 0.25) is 10.0 Å². The maximum atomic E-state index is 12.1. The van der Waals surface area contributed by atoms with Crippen molar-refractivity contribution >= 4 is 49.2 Å². The Labute approximate surface area is 119 Å². The Morgan fingerprint density at radius 2 is 1.76 bits per heavy atom. The van der Waals surface area contributed by atoms with Gasteiger partial charge in [-0.1, -0.05) is 39.1 Å². The number of rotatable bonds is 4. The Morgan fingerprint density at radius 1 is 1.24 bits per heavy atom. The minimum Gasteiger partial charge on any atom is -0.207 e. The Balaban J connectivity index is 2.31. The summed E-state index contributed by atoms with van der Waals surface area (Å²) in [6, 6.07) is 4.28. The fourth-order valence-corrected chi connectivity index (χ4v) is 4.51. The molecule has 0 spiro atoms. The van der Waals surface area contributed by atoms with Crippen molar-refractivity contribution in [2.24, 2.45) is 0 Å². The molecule has 0 unspecified atom stereocenters. The second-order valence-electron chi connectivity index (χ2n) is 4.12. The van der Waals surface area contributed by atoms with Crippen molar-refractivity contribution in [1.29, 1.82) is 0 Å². The molecule has 0 bridgehead atoms. The third kappa shape index (κ3) is 3.15. The smallest absolute Gasteiger partial charge is 0.207 e. The molecule has 0 aromatic heterocycles. The van der Waals surface area contributed by atoms with Crippen LogP contribution in [0.4, 0.5) is 0 Å². The first-order valence-corrected chi connectivity index (χ1v) is 8.29. The first-order valence-electron chi connectivity index (χ1n) is 4.93. The standard InChI is InChI=1S/C10H10BrCl2NO2S/c11-6-10(1-2-10)14-17(15,16)9-4-7(12)3-8(13)5-9/h3-5,14H,1-2,6H2. The maximum absolute atomic E-state index is 12.1. The van der Waals surface area contributed by atoms with Gasteiger partial charge in [-0.15, -0.1) is 0 Å². The molecule has 1 saturated carbocycles. The molecule has 17 heavy (non-hydrogen) atoms. The molecule has 1 N–H and O–H groups in total. The topological polar surface area (TPSA) is 46.2 Å². The molecule has 0 heterocycles. The van der Waals surface area contributed by atoms with E-state index in [0.29, 0.717) is 15.4 Å². The van der Waals surface area contributed by atoms with Gasteiger partial charge in [0, 0.05) is 20.9 Å². The van der Waals surface area contributed by atoms with E-state index < -0.39 is 10.0 Å². The SMILES string of the molecule is O=S(=O)(NC1(CBr)CC1)c1cc(Cl)cc(Cl)c1. The summed E-state index contributed by atoms with van der Waals surface area (Å²) >= 11 is 14.9.